The number of fused-ring (bicyclic) bond motifs is 2. The number of aryl methyl sites for hydroxylation is 1. The average Bonchev–Trinajstić information content (AvgIpc) is 3.17. The van der Waals surface area contributed by atoms with Gasteiger partial charge in [-0.2, -0.15) is 0 Å². The highest BCUT2D eigenvalue weighted by Crippen LogP contribution is 2.43. The second-order valence-electron chi connectivity index (χ2n) is 12.5. The predicted molar refractivity (Wildman–Crippen MR) is 179 cm³/mol. The maximum Gasteiger partial charge on any atom is 0.264 e. The van der Waals surface area contributed by atoms with E-state index >= 15 is 0 Å². The van der Waals surface area contributed by atoms with Gasteiger partial charge in [0.15, 0.2) is 0 Å². The number of rotatable bonds is 8. The normalized spacial score (nSPS) is 27.3. The van der Waals surface area contributed by atoms with E-state index in [1.165, 1.54) is 11.1 Å². The second-order valence-corrected chi connectivity index (χ2v) is 14.9. The van der Waals surface area contributed by atoms with Gasteiger partial charge in [0.05, 0.1) is 36.9 Å². The van der Waals surface area contributed by atoms with Crippen molar-refractivity contribution >= 4 is 33.2 Å². The van der Waals surface area contributed by atoms with Crippen molar-refractivity contribution in [2.24, 2.45) is 11.8 Å². The number of benzene rings is 2. The standard InChI is InChI=1S/C35H47ClN2O6S/c1-4-8-24-19-28(36)13-15-30(24)27-22-38-21-26-11-14-31(26)33(43-18-17-42-3)10-7-6-9-29(5-2)45(40,41)37-35(39)25-12-16-34(44-23-27)32(38)20-25/h7,10,12-13,15-16,19-20,26-27,29,31,33H,4-6,8-9,11,14,17-18,21-23H2,1-3H3,(H,37,39)/b10-7+. The quantitative estimate of drug-likeness (QED) is 0.255. The Hall–Kier alpha value is -2.59. The maximum atomic E-state index is 13.4. The van der Waals surface area contributed by atoms with Crippen LogP contribution in [0.2, 0.25) is 5.02 Å². The lowest BCUT2D eigenvalue weighted by molar-refractivity contribution is -0.0308. The molecule has 1 saturated carbocycles. The molecule has 3 aliphatic rings. The van der Waals surface area contributed by atoms with Gasteiger partial charge in [-0.25, -0.2) is 13.1 Å². The SMILES string of the molecule is CCCc1cc(Cl)ccc1C1COc2ccc3cc2N(C1)CC1CCC1C(OCCOC)/C=C/CCC(CC)S(=O)(=O)NC3=O. The van der Waals surface area contributed by atoms with Gasteiger partial charge in [0.25, 0.3) is 5.91 Å². The number of nitrogens with zero attached hydrogens (tertiary/aromatic N) is 1. The zero-order chi connectivity index (χ0) is 32.0. The van der Waals surface area contributed by atoms with E-state index in [-0.39, 0.29) is 12.0 Å². The lowest BCUT2D eigenvalue weighted by Gasteiger charge is -2.44. The van der Waals surface area contributed by atoms with Gasteiger partial charge in [-0.05, 0) is 91.8 Å². The fourth-order valence-electron chi connectivity index (χ4n) is 6.94. The number of anilines is 1. The van der Waals surface area contributed by atoms with Gasteiger partial charge in [0.2, 0.25) is 10.0 Å². The number of allylic oxidation sites excluding steroid dienone is 1. The number of halogens is 1. The molecule has 5 atom stereocenters. The molecule has 1 amide bonds. The van der Waals surface area contributed by atoms with Crippen molar-refractivity contribution in [2.75, 3.05) is 44.9 Å². The molecule has 8 nitrogen and oxygen atoms in total. The average molecular weight is 659 g/mol. The molecule has 2 aromatic rings. The van der Waals surface area contributed by atoms with E-state index in [0.717, 1.165) is 42.9 Å². The molecule has 45 heavy (non-hydrogen) atoms. The lowest BCUT2D eigenvalue weighted by Crippen LogP contribution is -2.45. The molecule has 246 valence electrons. The fraction of sp³-hybridized carbons (Fsp3) is 0.571. The number of amides is 1. The van der Waals surface area contributed by atoms with Crippen LogP contribution < -0.4 is 14.4 Å². The Morgan fingerprint density at radius 1 is 1.07 bits per heavy atom. The zero-order valence-corrected chi connectivity index (χ0v) is 28.2. The Kier molecular flexibility index (Phi) is 11.5. The Balaban J connectivity index is 1.54. The molecule has 0 saturated heterocycles. The first-order valence-electron chi connectivity index (χ1n) is 16.4. The van der Waals surface area contributed by atoms with Crippen molar-refractivity contribution in [3.63, 3.8) is 0 Å². The van der Waals surface area contributed by atoms with Gasteiger partial charge in [0, 0.05) is 36.7 Å². The zero-order valence-electron chi connectivity index (χ0n) is 26.7. The molecule has 2 heterocycles. The van der Waals surface area contributed by atoms with Gasteiger partial charge in [0.1, 0.15) is 5.75 Å². The smallest absolute Gasteiger partial charge is 0.264 e. The Labute approximate surface area is 273 Å². The molecule has 1 fully saturated rings. The van der Waals surface area contributed by atoms with Crippen LogP contribution >= 0.6 is 11.6 Å². The van der Waals surface area contributed by atoms with Crippen LogP contribution in [0.15, 0.2) is 48.6 Å². The summed E-state index contributed by atoms with van der Waals surface area (Å²) in [6, 6.07) is 11.4. The molecule has 1 aliphatic carbocycles. The van der Waals surface area contributed by atoms with E-state index in [9.17, 15) is 13.2 Å². The van der Waals surface area contributed by atoms with Crippen LogP contribution in [-0.2, 0) is 25.9 Å². The van der Waals surface area contributed by atoms with Crippen molar-refractivity contribution < 1.29 is 27.4 Å². The van der Waals surface area contributed by atoms with Crippen LogP contribution in [0.5, 0.6) is 5.75 Å². The largest absolute Gasteiger partial charge is 0.491 e. The Bertz CT molecular complexity index is 1460. The van der Waals surface area contributed by atoms with Crippen molar-refractivity contribution in [3.05, 3.63) is 70.3 Å². The third kappa shape index (κ3) is 8.05. The summed E-state index contributed by atoms with van der Waals surface area (Å²) in [5.41, 5.74) is 3.57. The number of carbonyl (C=O) groups excluding carboxylic acids is 1. The van der Waals surface area contributed by atoms with Crippen molar-refractivity contribution in [1.29, 1.82) is 0 Å². The molecule has 0 aromatic heterocycles. The van der Waals surface area contributed by atoms with E-state index in [2.05, 4.69) is 34.8 Å². The van der Waals surface area contributed by atoms with Gasteiger partial charge in [-0.15, -0.1) is 0 Å². The van der Waals surface area contributed by atoms with E-state index in [1.54, 1.807) is 25.3 Å². The molecule has 10 heteroatoms. The van der Waals surface area contributed by atoms with E-state index in [4.69, 9.17) is 25.8 Å². The number of ether oxygens (including phenoxy) is 3. The lowest BCUT2D eigenvalue weighted by atomic mass is 9.70. The number of hydrogen-bond acceptors (Lipinski definition) is 7. The van der Waals surface area contributed by atoms with Crippen LogP contribution in [0.25, 0.3) is 0 Å². The first kappa shape index (κ1) is 33.8. The van der Waals surface area contributed by atoms with Gasteiger partial charge < -0.3 is 19.1 Å². The highest BCUT2D eigenvalue weighted by Gasteiger charge is 2.39. The summed E-state index contributed by atoms with van der Waals surface area (Å²) in [4.78, 5) is 15.7. The minimum atomic E-state index is -3.88. The molecule has 2 bridgehead atoms. The van der Waals surface area contributed by atoms with Crippen molar-refractivity contribution in [2.45, 2.75) is 76.1 Å². The van der Waals surface area contributed by atoms with Crippen LogP contribution in [-0.4, -0.2) is 65.7 Å². The minimum Gasteiger partial charge on any atom is -0.491 e. The first-order chi connectivity index (χ1) is 21.7. The highest BCUT2D eigenvalue weighted by molar-refractivity contribution is 7.90. The predicted octanol–water partition coefficient (Wildman–Crippen LogP) is 6.52. The highest BCUT2D eigenvalue weighted by atomic mass is 35.5. The van der Waals surface area contributed by atoms with Gasteiger partial charge in [-0.3, -0.25) is 4.79 Å². The number of nitrogens with one attached hydrogen (secondary N) is 1. The summed E-state index contributed by atoms with van der Waals surface area (Å²) in [7, 11) is -2.20. The first-order valence-corrected chi connectivity index (χ1v) is 18.3. The topological polar surface area (TPSA) is 94.2 Å². The maximum absolute atomic E-state index is 13.4. The number of sulfonamides is 1. The number of hydrogen-bond donors (Lipinski definition) is 1. The van der Waals surface area contributed by atoms with E-state index in [1.807, 2.05) is 19.1 Å². The molecular formula is C35H47ClN2O6S. The summed E-state index contributed by atoms with van der Waals surface area (Å²) in [5, 5.41) is 0.0484. The number of carbonyl (C=O) groups is 1. The monoisotopic (exact) mass is 658 g/mol. The van der Waals surface area contributed by atoms with Crippen LogP contribution in [0.1, 0.15) is 79.8 Å². The van der Waals surface area contributed by atoms with Gasteiger partial charge >= 0.3 is 0 Å². The molecule has 2 aliphatic heterocycles. The summed E-state index contributed by atoms with van der Waals surface area (Å²) in [6.45, 7) is 6.97. The molecular weight excluding hydrogens is 612 g/mol. The van der Waals surface area contributed by atoms with E-state index < -0.39 is 21.2 Å². The molecule has 5 rings (SSSR count). The van der Waals surface area contributed by atoms with Gasteiger partial charge in [-0.1, -0.05) is 50.1 Å². The van der Waals surface area contributed by atoms with E-state index in [0.29, 0.717) is 68.8 Å². The van der Waals surface area contributed by atoms with Crippen LogP contribution in [0.4, 0.5) is 5.69 Å². The third-order valence-electron chi connectivity index (χ3n) is 9.57. The summed E-state index contributed by atoms with van der Waals surface area (Å²) in [5.74, 6) is 0.857. The van der Waals surface area contributed by atoms with Crippen molar-refractivity contribution in [1.82, 2.24) is 4.72 Å². The summed E-state index contributed by atoms with van der Waals surface area (Å²) in [6.07, 6.45) is 9.56. The molecule has 2 aromatic carbocycles. The third-order valence-corrected chi connectivity index (χ3v) is 11.7. The Morgan fingerprint density at radius 2 is 1.91 bits per heavy atom. The second kappa shape index (κ2) is 15.3. The van der Waals surface area contributed by atoms with Crippen molar-refractivity contribution in [3.8, 4) is 5.75 Å². The molecule has 0 spiro atoms. The summed E-state index contributed by atoms with van der Waals surface area (Å²) < 4.78 is 47.0. The minimum absolute atomic E-state index is 0.0805. The fourth-order valence-corrected chi connectivity index (χ4v) is 8.57. The summed E-state index contributed by atoms with van der Waals surface area (Å²) >= 11 is 6.42. The molecule has 5 unspecified atom stereocenters. The Morgan fingerprint density at radius 3 is 2.64 bits per heavy atom. The molecule has 0 radical (unpaired) electrons. The molecule has 1 N–H and O–H groups in total. The van der Waals surface area contributed by atoms with Crippen LogP contribution in [0, 0.1) is 11.8 Å². The number of methoxy groups -OCH3 is 1. The van der Waals surface area contributed by atoms with Crippen LogP contribution in [0.3, 0.4) is 0 Å².